The van der Waals surface area contributed by atoms with Gasteiger partial charge in [-0.25, -0.2) is 8.42 Å². The van der Waals surface area contributed by atoms with E-state index in [4.69, 9.17) is 9.47 Å². The molecule has 1 aliphatic heterocycles. The van der Waals surface area contributed by atoms with Crippen LogP contribution in [0.2, 0.25) is 0 Å². The molecule has 0 bridgehead atoms. The Balaban J connectivity index is 1.87. The van der Waals surface area contributed by atoms with Crippen LogP contribution in [0.1, 0.15) is 13.3 Å². The maximum atomic E-state index is 12.4. The normalized spacial score (nSPS) is 20.3. The Morgan fingerprint density at radius 3 is 2.59 bits per heavy atom. The van der Waals surface area contributed by atoms with Crippen LogP contribution < -0.4 is 5.32 Å². The molecule has 2 rings (SSSR count). The van der Waals surface area contributed by atoms with Crippen LogP contribution in [-0.4, -0.2) is 46.1 Å². The van der Waals surface area contributed by atoms with Crippen LogP contribution in [0.25, 0.3) is 0 Å². The number of rotatable bonds is 7. The SMILES string of the molecule is CC(COC1CCOC1)Nc1ccc(S(=O)(=O)C(F)F)cc1. The molecule has 5 nitrogen and oxygen atoms in total. The zero-order chi connectivity index (χ0) is 16.2. The summed E-state index contributed by atoms with van der Waals surface area (Å²) in [4.78, 5) is -0.389. The molecule has 0 aromatic heterocycles. The highest BCUT2D eigenvalue weighted by atomic mass is 32.2. The lowest BCUT2D eigenvalue weighted by atomic mass is 10.2. The van der Waals surface area contributed by atoms with Crippen LogP contribution in [0, 0.1) is 0 Å². The molecule has 1 aromatic rings. The van der Waals surface area contributed by atoms with Crippen molar-refractivity contribution >= 4 is 15.5 Å². The van der Waals surface area contributed by atoms with Crippen molar-refractivity contribution in [3.63, 3.8) is 0 Å². The fraction of sp³-hybridized carbons (Fsp3) is 0.571. The summed E-state index contributed by atoms with van der Waals surface area (Å²) in [5, 5.41) is 3.13. The van der Waals surface area contributed by atoms with Crippen molar-refractivity contribution in [2.24, 2.45) is 0 Å². The van der Waals surface area contributed by atoms with E-state index in [-0.39, 0.29) is 17.0 Å². The summed E-state index contributed by atoms with van der Waals surface area (Å²) < 4.78 is 58.4. The number of hydrogen-bond acceptors (Lipinski definition) is 5. The Morgan fingerprint density at radius 2 is 2.05 bits per heavy atom. The van der Waals surface area contributed by atoms with Gasteiger partial charge in [-0.15, -0.1) is 0 Å². The van der Waals surface area contributed by atoms with E-state index >= 15 is 0 Å². The summed E-state index contributed by atoms with van der Waals surface area (Å²) in [7, 11) is -4.54. The molecule has 0 radical (unpaired) electrons. The fourth-order valence-electron chi connectivity index (χ4n) is 2.09. The fourth-order valence-corrected chi connectivity index (χ4v) is 2.82. The van der Waals surface area contributed by atoms with Crippen molar-refractivity contribution in [1.29, 1.82) is 0 Å². The molecule has 1 heterocycles. The molecule has 0 spiro atoms. The average molecular weight is 335 g/mol. The smallest absolute Gasteiger partial charge is 0.341 e. The summed E-state index contributed by atoms with van der Waals surface area (Å²) in [6.07, 6.45) is 0.996. The highest BCUT2D eigenvalue weighted by Crippen LogP contribution is 2.20. The first kappa shape index (κ1) is 17.1. The third-order valence-corrected chi connectivity index (χ3v) is 4.70. The number of alkyl halides is 2. The molecule has 2 unspecified atom stereocenters. The van der Waals surface area contributed by atoms with Crippen molar-refractivity contribution in [3.8, 4) is 0 Å². The van der Waals surface area contributed by atoms with E-state index in [2.05, 4.69) is 5.32 Å². The third kappa shape index (κ3) is 4.37. The second kappa shape index (κ2) is 7.34. The standard InChI is InChI=1S/C14H19F2NO4S/c1-10(8-21-12-6-7-20-9-12)17-11-2-4-13(5-3-11)22(18,19)14(15)16/h2-5,10,12,14,17H,6-9H2,1H3. The van der Waals surface area contributed by atoms with Gasteiger partial charge in [-0.1, -0.05) is 0 Å². The van der Waals surface area contributed by atoms with Crippen molar-refractivity contribution < 1.29 is 26.7 Å². The molecule has 1 aromatic carbocycles. The Hall–Kier alpha value is -1.25. The monoisotopic (exact) mass is 335 g/mol. The van der Waals surface area contributed by atoms with Crippen molar-refractivity contribution in [2.75, 3.05) is 25.1 Å². The maximum absolute atomic E-state index is 12.4. The molecule has 0 amide bonds. The molecule has 2 atom stereocenters. The largest absolute Gasteiger partial charge is 0.380 e. The first-order valence-corrected chi connectivity index (χ1v) is 8.52. The van der Waals surface area contributed by atoms with Gasteiger partial charge in [-0.05, 0) is 37.6 Å². The number of sulfone groups is 1. The average Bonchev–Trinajstić information content (AvgIpc) is 2.99. The summed E-state index contributed by atoms with van der Waals surface area (Å²) in [5.41, 5.74) is 0.645. The van der Waals surface area contributed by atoms with Gasteiger partial charge < -0.3 is 14.8 Å². The zero-order valence-corrected chi connectivity index (χ0v) is 13.0. The molecule has 124 valence electrons. The minimum absolute atomic E-state index is 0.00171. The molecule has 1 fully saturated rings. The quantitative estimate of drug-likeness (QED) is 0.828. The van der Waals surface area contributed by atoms with Crippen LogP contribution >= 0.6 is 0 Å². The number of ether oxygens (including phenoxy) is 2. The van der Waals surface area contributed by atoms with E-state index in [0.717, 1.165) is 6.42 Å². The van der Waals surface area contributed by atoms with Crippen molar-refractivity contribution in [1.82, 2.24) is 0 Å². The summed E-state index contributed by atoms with van der Waals surface area (Å²) in [5.74, 6) is -3.41. The third-order valence-electron chi connectivity index (χ3n) is 3.30. The first-order valence-electron chi connectivity index (χ1n) is 6.97. The van der Waals surface area contributed by atoms with E-state index in [1.54, 1.807) is 0 Å². The highest BCUT2D eigenvalue weighted by molar-refractivity contribution is 7.91. The van der Waals surface area contributed by atoms with Gasteiger partial charge in [0.1, 0.15) is 0 Å². The lowest BCUT2D eigenvalue weighted by molar-refractivity contribution is 0.0395. The second-order valence-electron chi connectivity index (χ2n) is 5.19. The van der Waals surface area contributed by atoms with Crippen molar-refractivity contribution in [2.45, 2.75) is 36.1 Å². The summed E-state index contributed by atoms with van der Waals surface area (Å²) in [6.45, 7) is 3.71. The highest BCUT2D eigenvalue weighted by Gasteiger charge is 2.26. The van der Waals surface area contributed by atoms with Crippen LogP contribution in [0.4, 0.5) is 14.5 Å². The molecule has 0 saturated carbocycles. The predicted octanol–water partition coefficient (Wildman–Crippen LogP) is 2.29. The molecule has 1 saturated heterocycles. The second-order valence-corrected chi connectivity index (χ2v) is 7.11. The lowest BCUT2D eigenvalue weighted by Gasteiger charge is -2.18. The molecule has 8 heteroatoms. The Morgan fingerprint density at radius 1 is 1.36 bits per heavy atom. The number of anilines is 1. The van der Waals surface area contributed by atoms with Gasteiger partial charge in [0.05, 0.1) is 24.2 Å². The van der Waals surface area contributed by atoms with E-state index < -0.39 is 15.6 Å². The first-order chi connectivity index (χ1) is 10.4. The molecular weight excluding hydrogens is 316 g/mol. The van der Waals surface area contributed by atoms with Gasteiger partial charge >= 0.3 is 5.76 Å². The van der Waals surface area contributed by atoms with E-state index in [9.17, 15) is 17.2 Å². The minimum atomic E-state index is -4.54. The Bertz CT molecular complexity index is 571. The number of nitrogens with one attached hydrogen (secondary N) is 1. The minimum Gasteiger partial charge on any atom is -0.380 e. The summed E-state index contributed by atoms with van der Waals surface area (Å²) >= 11 is 0. The number of halogens is 2. The van der Waals surface area contributed by atoms with Gasteiger partial charge in [0.2, 0.25) is 9.84 Å². The van der Waals surface area contributed by atoms with E-state index in [1.807, 2.05) is 6.92 Å². The summed E-state index contributed by atoms with van der Waals surface area (Å²) in [6, 6.07) is 5.26. The molecule has 1 N–H and O–H groups in total. The van der Waals surface area contributed by atoms with Crippen LogP contribution in [0.5, 0.6) is 0 Å². The van der Waals surface area contributed by atoms with Gasteiger partial charge in [0.15, 0.2) is 0 Å². The molecular formula is C14H19F2NO4S. The van der Waals surface area contributed by atoms with E-state index in [1.165, 1.54) is 24.3 Å². The van der Waals surface area contributed by atoms with Gasteiger partial charge in [0, 0.05) is 18.3 Å². The van der Waals surface area contributed by atoms with Crippen LogP contribution in [0.3, 0.4) is 0 Å². The zero-order valence-electron chi connectivity index (χ0n) is 12.2. The van der Waals surface area contributed by atoms with Gasteiger partial charge in [0.25, 0.3) is 0 Å². The Kier molecular flexibility index (Phi) is 5.71. The topological polar surface area (TPSA) is 64.6 Å². The van der Waals surface area contributed by atoms with Crippen molar-refractivity contribution in [3.05, 3.63) is 24.3 Å². The molecule has 22 heavy (non-hydrogen) atoms. The van der Waals surface area contributed by atoms with E-state index in [0.29, 0.717) is 25.5 Å². The number of benzene rings is 1. The van der Waals surface area contributed by atoms with Crippen LogP contribution in [0.15, 0.2) is 29.2 Å². The van der Waals surface area contributed by atoms with Crippen LogP contribution in [-0.2, 0) is 19.3 Å². The maximum Gasteiger partial charge on any atom is 0.341 e. The Labute approximate surface area is 128 Å². The predicted molar refractivity (Wildman–Crippen MR) is 77.9 cm³/mol. The lowest BCUT2D eigenvalue weighted by Crippen LogP contribution is -2.25. The van der Waals surface area contributed by atoms with Gasteiger partial charge in [-0.3, -0.25) is 0 Å². The molecule has 1 aliphatic rings. The number of hydrogen-bond donors (Lipinski definition) is 1. The van der Waals surface area contributed by atoms with Gasteiger partial charge in [-0.2, -0.15) is 8.78 Å². The molecule has 0 aliphatic carbocycles.